The van der Waals surface area contributed by atoms with Crippen molar-refractivity contribution < 1.29 is 14.3 Å². The Morgan fingerprint density at radius 1 is 1.18 bits per heavy atom. The Labute approximate surface area is 200 Å². The molecule has 4 aromatic rings. The molecule has 1 atom stereocenters. The summed E-state index contributed by atoms with van der Waals surface area (Å²) in [5.74, 6) is -0.495. The van der Waals surface area contributed by atoms with Crippen molar-refractivity contribution in [3.63, 3.8) is 0 Å². The van der Waals surface area contributed by atoms with Crippen molar-refractivity contribution in [1.29, 1.82) is 0 Å². The number of nitrogens with zero attached hydrogens (tertiary/aromatic N) is 5. The molecule has 2 heterocycles. The van der Waals surface area contributed by atoms with Gasteiger partial charge in [-0.05, 0) is 60.0 Å². The highest BCUT2D eigenvalue weighted by Crippen LogP contribution is 2.36. The van der Waals surface area contributed by atoms with Gasteiger partial charge in [0.2, 0.25) is 5.69 Å². The largest absolute Gasteiger partial charge is 0.618 e. The fraction of sp³-hybridized carbons (Fsp3) is 0.200. The number of carbonyl (C=O) groups is 2. The van der Waals surface area contributed by atoms with Crippen LogP contribution in [0.3, 0.4) is 0 Å². The summed E-state index contributed by atoms with van der Waals surface area (Å²) < 4.78 is 2.32. The quantitative estimate of drug-likeness (QED) is 0.240. The first-order valence-electron chi connectivity index (χ1n) is 10.8. The zero-order valence-electron chi connectivity index (χ0n) is 18.3. The van der Waals surface area contributed by atoms with Gasteiger partial charge in [0.15, 0.2) is 17.8 Å². The maximum absolute atomic E-state index is 13.1. The van der Waals surface area contributed by atoms with Crippen LogP contribution in [0.5, 0.6) is 0 Å². The van der Waals surface area contributed by atoms with E-state index in [2.05, 4.69) is 15.5 Å². The third-order valence-corrected chi connectivity index (χ3v) is 6.41. The standard InChI is InChI=1S/C25H20ClN5O3/c1-15(32)17-4-2-16(3-5-17)10-24(33)21-8-6-18-11-19(13-31(34)25(18)21)22-12-20(26)7-9-23(22)30-14-27-28-29-30/h2-5,7,9,11-14,21H,6,8,10H2,1H3. The van der Waals surface area contributed by atoms with Crippen LogP contribution in [0.1, 0.15) is 46.4 Å². The minimum atomic E-state index is -0.465. The zero-order chi connectivity index (χ0) is 23.8. The van der Waals surface area contributed by atoms with E-state index in [9.17, 15) is 14.8 Å². The van der Waals surface area contributed by atoms with Gasteiger partial charge in [0, 0.05) is 33.7 Å². The molecule has 0 radical (unpaired) electrons. The van der Waals surface area contributed by atoms with Crippen LogP contribution in [0.25, 0.3) is 16.8 Å². The summed E-state index contributed by atoms with van der Waals surface area (Å²) in [4.78, 5) is 24.6. The third-order valence-electron chi connectivity index (χ3n) is 6.18. The molecule has 1 aliphatic rings. The normalized spacial score (nSPS) is 14.7. The molecule has 2 aromatic heterocycles. The van der Waals surface area contributed by atoms with Crippen molar-refractivity contribution in [3.05, 3.63) is 93.7 Å². The van der Waals surface area contributed by atoms with E-state index in [0.717, 1.165) is 15.9 Å². The molecule has 9 heteroatoms. The second kappa shape index (κ2) is 8.79. The lowest BCUT2D eigenvalue weighted by atomic mass is 9.94. The number of carbonyl (C=O) groups excluding carboxylic acids is 2. The lowest BCUT2D eigenvalue weighted by Crippen LogP contribution is -2.35. The Morgan fingerprint density at radius 3 is 2.68 bits per heavy atom. The molecular formula is C25H20ClN5O3. The van der Waals surface area contributed by atoms with Gasteiger partial charge in [-0.2, -0.15) is 9.41 Å². The SMILES string of the molecule is CC(=O)c1ccc(CC(=O)C2CCc3cc(-c4cc(Cl)ccc4-n4cnnn4)c[n+]([O-])c32)cc1. The van der Waals surface area contributed by atoms with Crippen molar-refractivity contribution in [3.8, 4) is 16.8 Å². The summed E-state index contributed by atoms with van der Waals surface area (Å²) in [6, 6.07) is 14.3. The van der Waals surface area contributed by atoms with Crippen LogP contribution in [0.4, 0.5) is 0 Å². The average Bonchev–Trinajstić information content (AvgIpc) is 3.50. The predicted octanol–water partition coefficient (Wildman–Crippen LogP) is 3.66. The van der Waals surface area contributed by atoms with E-state index in [-0.39, 0.29) is 18.0 Å². The summed E-state index contributed by atoms with van der Waals surface area (Å²) in [6.45, 7) is 1.51. The highest BCUT2D eigenvalue weighted by Gasteiger charge is 2.36. The van der Waals surface area contributed by atoms with E-state index < -0.39 is 5.92 Å². The topological polar surface area (TPSA) is 105 Å². The van der Waals surface area contributed by atoms with Gasteiger partial charge in [-0.3, -0.25) is 9.59 Å². The molecule has 170 valence electrons. The van der Waals surface area contributed by atoms with Gasteiger partial charge < -0.3 is 5.21 Å². The molecule has 0 bridgehead atoms. The van der Waals surface area contributed by atoms with Crippen LogP contribution < -0.4 is 4.73 Å². The summed E-state index contributed by atoms with van der Waals surface area (Å²) >= 11 is 6.24. The Morgan fingerprint density at radius 2 is 1.97 bits per heavy atom. The molecule has 1 unspecified atom stereocenters. The molecule has 0 aliphatic heterocycles. The number of benzene rings is 2. The van der Waals surface area contributed by atoms with Crippen LogP contribution in [0, 0.1) is 5.21 Å². The summed E-state index contributed by atoms with van der Waals surface area (Å²) in [5.41, 5.74) is 4.86. The number of fused-ring (bicyclic) bond motifs is 1. The zero-order valence-corrected chi connectivity index (χ0v) is 19.1. The van der Waals surface area contributed by atoms with Gasteiger partial charge in [-0.1, -0.05) is 35.9 Å². The van der Waals surface area contributed by atoms with Crippen molar-refractivity contribution in [2.24, 2.45) is 0 Å². The van der Waals surface area contributed by atoms with Gasteiger partial charge >= 0.3 is 0 Å². The number of hydrogen-bond acceptors (Lipinski definition) is 6. The van der Waals surface area contributed by atoms with Crippen LogP contribution in [-0.4, -0.2) is 31.8 Å². The highest BCUT2D eigenvalue weighted by molar-refractivity contribution is 6.31. The molecule has 34 heavy (non-hydrogen) atoms. The minimum absolute atomic E-state index is 0.0104. The maximum atomic E-state index is 13.1. The molecule has 0 saturated heterocycles. The lowest BCUT2D eigenvalue weighted by molar-refractivity contribution is -0.613. The fourth-order valence-electron chi connectivity index (χ4n) is 4.50. The van der Waals surface area contributed by atoms with E-state index in [0.29, 0.717) is 45.9 Å². The van der Waals surface area contributed by atoms with Crippen molar-refractivity contribution >= 4 is 23.2 Å². The second-order valence-corrected chi connectivity index (χ2v) is 8.80. The smallest absolute Gasteiger partial charge is 0.206 e. The average molecular weight is 474 g/mol. The summed E-state index contributed by atoms with van der Waals surface area (Å²) in [5, 5.41) is 25.0. The highest BCUT2D eigenvalue weighted by atomic mass is 35.5. The van der Waals surface area contributed by atoms with E-state index in [1.165, 1.54) is 24.1 Å². The van der Waals surface area contributed by atoms with Crippen LogP contribution in [0.2, 0.25) is 5.02 Å². The third kappa shape index (κ3) is 4.08. The van der Waals surface area contributed by atoms with Gasteiger partial charge in [-0.15, -0.1) is 5.10 Å². The Hall–Kier alpha value is -3.91. The molecule has 0 spiro atoms. The minimum Gasteiger partial charge on any atom is -0.618 e. The first-order valence-corrected chi connectivity index (χ1v) is 11.2. The van der Waals surface area contributed by atoms with E-state index in [4.69, 9.17) is 11.6 Å². The van der Waals surface area contributed by atoms with E-state index in [1.807, 2.05) is 6.07 Å². The monoisotopic (exact) mass is 473 g/mol. The van der Waals surface area contributed by atoms with Crippen LogP contribution in [-0.2, 0) is 17.6 Å². The van der Waals surface area contributed by atoms with Crippen molar-refractivity contribution in [2.75, 3.05) is 0 Å². The molecule has 5 rings (SSSR count). The Kier molecular flexibility index (Phi) is 5.67. The fourth-order valence-corrected chi connectivity index (χ4v) is 4.68. The molecular weight excluding hydrogens is 454 g/mol. The number of pyridine rings is 1. The van der Waals surface area contributed by atoms with Crippen molar-refractivity contribution in [2.45, 2.75) is 32.1 Å². The first-order chi connectivity index (χ1) is 16.4. The van der Waals surface area contributed by atoms with Gasteiger partial charge in [-0.25, -0.2) is 0 Å². The number of halogens is 1. The number of Topliss-reactive ketones (excluding diaryl/α,β-unsaturated/α-hetero) is 2. The van der Waals surface area contributed by atoms with Crippen LogP contribution in [0.15, 0.2) is 61.1 Å². The first kappa shape index (κ1) is 21.9. The number of aryl methyl sites for hydroxylation is 1. The molecule has 0 saturated carbocycles. The van der Waals surface area contributed by atoms with E-state index >= 15 is 0 Å². The number of ketones is 2. The number of hydrogen-bond donors (Lipinski definition) is 0. The number of rotatable bonds is 6. The number of aromatic nitrogens is 5. The van der Waals surface area contributed by atoms with Gasteiger partial charge in [0.25, 0.3) is 0 Å². The van der Waals surface area contributed by atoms with Gasteiger partial charge in [0.1, 0.15) is 12.2 Å². The van der Waals surface area contributed by atoms with E-state index in [1.54, 1.807) is 42.5 Å². The molecule has 0 N–H and O–H groups in total. The summed E-state index contributed by atoms with van der Waals surface area (Å²) in [6.07, 6.45) is 4.38. The Balaban J connectivity index is 1.45. The molecule has 8 nitrogen and oxygen atoms in total. The maximum Gasteiger partial charge on any atom is 0.206 e. The van der Waals surface area contributed by atoms with Gasteiger partial charge in [0.05, 0.1) is 5.69 Å². The molecule has 1 aliphatic carbocycles. The van der Waals surface area contributed by atoms with Crippen molar-refractivity contribution in [1.82, 2.24) is 20.2 Å². The van der Waals surface area contributed by atoms with Crippen LogP contribution >= 0.6 is 11.6 Å². The lowest BCUT2D eigenvalue weighted by Gasteiger charge is -2.14. The predicted molar refractivity (Wildman–Crippen MR) is 125 cm³/mol. The number of tetrazole rings is 1. The Bertz CT molecular complexity index is 1400. The molecule has 2 aromatic carbocycles. The second-order valence-electron chi connectivity index (χ2n) is 8.37. The summed E-state index contributed by atoms with van der Waals surface area (Å²) in [7, 11) is 0. The molecule has 0 fully saturated rings. The molecule has 0 amide bonds.